The maximum atomic E-state index is 12.8. The summed E-state index contributed by atoms with van der Waals surface area (Å²) in [7, 11) is 0. The van der Waals surface area contributed by atoms with Gasteiger partial charge in [-0.1, -0.05) is 0 Å². The number of carbonyl (C=O) groups excluding carboxylic acids is 1. The van der Waals surface area contributed by atoms with Crippen molar-refractivity contribution in [2.75, 3.05) is 6.54 Å². The van der Waals surface area contributed by atoms with E-state index in [-0.39, 0.29) is 24.5 Å². The number of carboxylic acid groups (broad SMARTS) is 1. The molecule has 2 atom stereocenters. The van der Waals surface area contributed by atoms with Crippen molar-refractivity contribution in [3.63, 3.8) is 0 Å². The van der Waals surface area contributed by atoms with E-state index >= 15 is 0 Å². The number of nitrogens with two attached hydrogens (primary N) is 1. The Morgan fingerprint density at radius 2 is 1.65 bits per heavy atom. The van der Waals surface area contributed by atoms with Gasteiger partial charge in [0.2, 0.25) is 0 Å². The van der Waals surface area contributed by atoms with Gasteiger partial charge in [0.1, 0.15) is 6.04 Å². The van der Waals surface area contributed by atoms with E-state index in [0.717, 1.165) is 37.0 Å². The van der Waals surface area contributed by atoms with Crippen LogP contribution in [-0.2, 0) is 9.63 Å². The highest BCUT2D eigenvalue weighted by Crippen LogP contribution is 2.55. The third kappa shape index (κ3) is 2.59. The number of nitrogens with zero attached hydrogens (tertiary/aromatic N) is 1. The van der Waals surface area contributed by atoms with E-state index in [0.29, 0.717) is 0 Å². The van der Waals surface area contributed by atoms with Gasteiger partial charge in [-0.05, 0) is 56.3 Å². The second-order valence-electron chi connectivity index (χ2n) is 8.13. The van der Waals surface area contributed by atoms with Crippen LogP contribution in [0.2, 0.25) is 0 Å². The standard InChI is InChI=1S/C16H25N3O4/c17-23-12-4-13(14(20)21)19(8-12)15(22)18-16-5-9-1-10(6-16)3-11(2-9)7-16/h9-13H,1-8,17H2,(H,18,22)(H,20,21). The summed E-state index contributed by atoms with van der Waals surface area (Å²) in [5.41, 5.74) is -0.115. The van der Waals surface area contributed by atoms with Gasteiger partial charge in [0.15, 0.2) is 0 Å². The van der Waals surface area contributed by atoms with Crippen LogP contribution in [0.25, 0.3) is 0 Å². The van der Waals surface area contributed by atoms with Crippen LogP contribution in [0.5, 0.6) is 0 Å². The number of hydrogen-bond donors (Lipinski definition) is 3. The van der Waals surface area contributed by atoms with Crippen LogP contribution in [0.1, 0.15) is 44.9 Å². The number of carboxylic acids is 1. The lowest BCUT2D eigenvalue weighted by molar-refractivity contribution is -0.141. The van der Waals surface area contributed by atoms with Gasteiger partial charge in [0.25, 0.3) is 0 Å². The van der Waals surface area contributed by atoms with Crippen molar-refractivity contribution in [2.45, 2.75) is 62.6 Å². The predicted molar refractivity (Wildman–Crippen MR) is 81.2 cm³/mol. The smallest absolute Gasteiger partial charge is 0.326 e. The fourth-order valence-electron chi connectivity index (χ4n) is 5.92. The molecule has 1 saturated heterocycles. The van der Waals surface area contributed by atoms with E-state index in [1.807, 2.05) is 0 Å². The monoisotopic (exact) mass is 323 g/mol. The first kappa shape index (κ1) is 15.2. The van der Waals surface area contributed by atoms with Crippen LogP contribution in [0, 0.1) is 17.8 Å². The zero-order valence-electron chi connectivity index (χ0n) is 13.2. The summed E-state index contributed by atoms with van der Waals surface area (Å²) in [6, 6.07) is -1.11. The predicted octanol–water partition coefficient (Wildman–Crippen LogP) is 1.08. The minimum atomic E-state index is -0.995. The van der Waals surface area contributed by atoms with Crippen LogP contribution >= 0.6 is 0 Å². The SMILES string of the molecule is NOC1CC(C(=O)O)N(C(=O)NC23CC4CC(CC(C4)C2)C3)C1. The van der Waals surface area contributed by atoms with Crippen molar-refractivity contribution < 1.29 is 19.5 Å². The molecule has 4 aliphatic carbocycles. The lowest BCUT2D eigenvalue weighted by Crippen LogP contribution is -2.62. The summed E-state index contributed by atoms with van der Waals surface area (Å²) in [5.74, 6) is 6.40. The number of aliphatic carboxylic acids is 1. The molecule has 0 aromatic heterocycles. The van der Waals surface area contributed by atoms with E-state index in [4.69, 9.17) is 10.7 Å². The molecule has 0 aromatic carbocycles. The van der Waals surface area contributed by atoms with Gasteiger partial charge >= 0.3 is 12.0 Å². The van der Waals surface area contributed by atoms with Gasteiger partial charge in [0, 0.05) is 12.0 Å². The quantitative estimate of drug-likeness (QED) is 0.674. The van der Waals surface area contributed by atoms with Crippen molar-refractivity contribution in [1.82, 2.24) is 10.2 Å². The largest absolute Gasteiger partial charge is 0.480 e. The Balaban J connectivity index is 1.48. The van der Waals surface area contributed by atoms with E-state index in [2.05, 4.69) is 5.32 Å². The number of amides is 2. The first-order valence-corrected chi connectivity index (χ1v) is 8.65. The van der Waals surface area contributed by atoms with Crippen molar-refractivity contribution >= 4 is 12.0 Å². The van der Waals surface area contributed by atoms with E-state index < -0.39 is 18.1 Å². The summed E-state index contributed by atoms with van der Waals surface area (Å²) in [4.78, 5) is 30.4. The summed E-state index contributed by atoms with van der Waals surface area (Å²) in [6.07, 6.45) is 6.91. The first-order valence-electron chi connectivity index (χ1n) is 8.65. The van der Waals surface area contributed by atoms with Crippen molar-refractivity contribution in [2.24, 2.45) is 23.7 Å². The number of carbonyl (C=O) groups is 2. The Hall–Kier alpha value is -1.34. The molecule has 128 valence electrons. The Morgan fingerprint density at radius 1 is 1.09 bits per heavy atom. The van der Waals surface area contributed by atoms with Crippen molar-refractivity contribution in [3.05, 3.63) is 0 Å². The second-order valence-corrected chi connectivity index (χ2v) is 8.13. The van der Waals surface area contributed by atoms with Crippen LogP contribution in [0.3, 0.4) is 0 Å². The Bertz CT molecular complexity index is 488. The fourth-order valence-corrected chi connectivity index (χ4v) is 5.92. The molecule has 5 fully saturated rings. The molecule has 0 aromatic rings. The summed E-state index contributed by atoms with van der Waals surface area (Å²) in [5, 5.41) is 12.6. The van der Waals surface area contributed by atoms with Crippen LogP contribution < -0.4 is 11.2 Å². The summed E-state index contributed by atoms with van der Waals surface area (Å²) < 4.78 is 0. The van der Waals surface area contributed by atoms with E-state index in [1.54, 1.807) is 0 Å². The molecule has 7 nitrogen and oxygen atoms in total. The Labute approximate surface area is 135 Å². The Kier molecular flexibility index (Phi) is 3.53. The Morgan fingerprint density at radius 3 is 2.13 bits per heavy atom. The molecule has 5 rings (SSSR count). The average molecular weight is 323 g/mol. The molecule has 23 heavy (non-hydrogen) atoms. The van der Waals surface area contributed by atoms with Gasteiger partial charge in [-0.25, -0.2) is 15.5 Å². The van der Waals surface area contributed by atoms with Gasteiger partial charge in [-0.15, -0.1) is 0 Å². The normalized spacial score (nSPS) is 44.6. The van der Waals surface area contributed by atoms with Crippen LogP contribution in [-0.4, -0.2) is 46.2 Å². The third-order valence-corrected chi connectivity index (χ3v) is 6.41. The van der Waals surface area contributed by atoms with Gasteiger partial charge < -0.3 is 15.3 Å². The van der Waals surface area contributed by atoms with Crippen LogP contribution in [0.4, 0.5) is 4.79 Å². The summed E-state index contributed by atoms with van der Waals surface area (Å²) >= 11 is 0. The number of rotatable bonds is 3. The zero-order chi connectivity index (χ0) is 16.2. The van der Waals surface area contributed by atoms with Gasteiger partial charge in [-0.3, -0.25) is 4.84 Å². The molecule has 2 unspecified atom stereocenters. The van der Waals surface area contributed by atoms with Gasteiger partial charge in [0.05, 0.1) is 12.6 Å². The van der Waals surface area contributed by atoms with Crippen molar-refractivity contribution in [1.29, 1.82) is 0 Å². The second kappa shape index (κ2) is 5.34. The number of urea groups is 1. The minimum absolute atomic E-state index is 0.115. The molecule has 0 spiro atoms. The molecular weight excluding hydrogens is 298 g/mol. The highest BCUT2D eigenvalue weighted by Gasteiger charge is 2.52. The zero-order valence-corrected chi connectivity index (χ0v) is 13.2. The topological polar surface area (TPSA) is 105 Å². The van der Waals surface area contributed by atoms with E-state index in [1.165, 1.54) is 24.2 Å². The molecule has 0 radical (unpaired) electrons. The highest BCUT2D eigenvalue weighted by molar-refractivity contribution is 5.84. The fraction of sp³-hybridized carbons (Fsp3) is 0.875. The highest BCUT2D eigenvalue weighted by atomic mass is 16.6. The average Bonchev–Trinajstić information content (AvgIpc) is 2.89. The molecule has 1 aliphatic heterocycles. The molecule has 2 amide bonds. The molecule has 4 saturated carbocycles. The molecule has 4 bridgehead atoms. The maximum Gasteiger partial charge on any atom is 0.326 e. The molecule has 5 aliphatic rings. The third-order valence-electron chi connectivity index (χ3n) is 6.41. The van der Waals surface area contributed by atoms with E-state index in [9.17, 15) is 14.7 Å². The number of likely N-dealkylation sites (tertiary alicyclic amines) is 1. The lowest BCUT2D eigenvalue weighted by Gasteiger charge is -2.57. The maximum absolute atomic E-state index is 12.8. The molecule has 4 N–H and O–H groups in total. The van der Waals surface area contributed by atoms with Crippen molar-refractivity contribution in [3.8, 4) is 0 Å². The lowest BCUT2D eigenvalue weighted by atomic mass is 9.53. The van der Waals surface area contributed by atoms with Crippen LogP contribution in [0.15, 0.2) is 0 Å². The van der Waals surface area contributed by atoms with Gasteiger partial charge in [-0.2, -0.15) is 0 Å². The summed E-state index contributed by atoms with van der Waals surface area (Å²) in [6.45, 7) is 0.242. The molecule has 1 heterocycles. The number of nitrogens with one attached hydrogen (secondary N) is 1. The molecule has 7 heteroatoms. The minimum Gasteiger partial charge on any atom is -0.480 e. The first-order chi connectivity index (χ1) is 11.0. The number of hydrogen-bond acceptors (Lipinski definition) is 4. The molecular formula is C16H25N3O4.